The van der Waals surface area contributed by atoms with E-state index < -0.39 is 0 Å². The maximum atomic E-state index is 4.66. The predicted molar refractivity (Wildman–Crippen MR) is 85.0 cm³/mol. The van der Waals surface area contributed by atoms with Crippen molar-refractivity contribution in [3.63, 3.8) is 0 Å². The first-order chi connectivity index (χ1) is 9.48. The largest absolute Gasteiger partial charge is 0.308 e. The van der Waals surface area contributed by atoms with Crippen LogP contribution in [0.3, 0.4) is 0 Å². The van der Waals surface area contributed by atoms with Crippen LogP contribution in [0.5, 0.6) is 0 Å². The third kappa shape index (κ3) is 2.92. The number of rotatable bonds is 4. The molecule has 4 heteroatoms. The molecule has 112 valence electrons. The van der Waals surface area contributed by atoms with Crippen LogP contribution in [0.1, 0.15) is 44.3 Å². The Morgan fingerprint density at radius 1 is 1.50 bits per heavy atom. The first kappa shape index (κ1) is 14.5. The Labute approximate surface area is 126 Å². The van der Waals surface area contributed by atoms with Crippen LogP contribution in [0.15, 0.2) is 5.38 Å². The summed E-state index contributed by atoms with van der Waals surface area (Å²) in [6.07, 6.45) is 2.80. The highest BCUT2D eigenvalue weighted by Crippen LogP contribution is 2.42. The van der Waals surface area contributed by atoms with Crippen LogP contribution in [0.4, 0.5) is 0 Å². The van der Waals surface area contributed by atoms with Gasteiger partial charge in [-0.05, 0) is 38.5 Å². The maximum absolute atomic E-state index is 4.66. The van der Waals surface area contributed by atoms with E-state index in [9.17, 15) is 0 Å². The number of aryl methyl sites for hydroxylation is 1. The van der Waals surface area contributed by atoms with E-state index in [1.165, 1.54) is 23.5 Å². The minimum absolute atomic E-state index is 0.316. The lowest BCUT2D eigenvalue weighted by Gasteiger charge is -2.48. The molecule has 1 saturated carbocycles. The molecule has 2 atom stereocenters. The van der Waals surface area contributed by atoms with E-state index in [2.05, 4.69) is 48.3 Å². The normalized spacial score (nSPS) is 31.9. The zero-order chi connectivity index (χ0) is 14.3. The van der Waals surface area contributed by atoms with Gasteiger partial charge in [0.05, 0.1) is 10.7 Å². The SMILES string of the molecule is Cc1nc(CN2CC(C)(C3CC3)NCC2C(C)C)cs1. The Hall–Kier alpha value is -0.450. The first-order valence-corrected chi connectivity index (χ1v) is 8.76. The average Bonchev–Trinajstić information content (AvgIpc) is 3.15. The molecule has 1 aromatic rings. The second-order valence-corrected chi connectivity index (χ2v) is 8.21. The van der Waals surface area contributed by atoms with Gasteiger partial charge in [-0.2, -0.15) is 0 Å². The highest BCUT2D eigenvalue weighted by molar-refractivity contribution is 7.09. The second kappa shape index (κ2) is 5.39. The molecule has 0 spiro atoms. The summed E-state index contributed by atoms with van der Waals surface area (Å²) >= 11 is 1.77. The monoisotopic (exact) mass is 293 g/mol. The Bertz CT molecular complexity index is 466. The summed E-state index contributed by atoms with van der Waals surface area (Å²) in [5.74, 6) is 1.57. The lowest BCUT2D eigenvalue weighted by molar-refractivity contribution is 0.0454. The van der Waals surface area contributed by atoms with Crippen molar-refractivity contribution in [3.05, 3.63) is 16.1 Å². The molecule has 20 heavy (non-hydrogen) atoms. The molecule has 1 aliphatic carbocycles. The maximum Gasteiger partial charge on any atom is 0.0897 e. The molecule has 1 saturated heterocycles. The topological polar surface area (TPSA) is 28.2 Å². The molecule has 1 aliphatic heterocycles. The summed E-state index contributed by atoms with van der Waals surface area (Å²) in [6, 6.07) is 0.629. The molecular weight excluding hydrogens is 266 g/mol. The van der Waals surface area contributed by atoms with Gasteiger partial charge in [0.15, 0.2) is 0 Å². The third-order valence-electron chi connectivity index (χ3n) is 5.00. The smallest absolute Gasteiger partial charge is 0.0897 e. The quantitative estimate of drug-likeness (QED) is 0.925. The highest BCUT2D eigenvalue weighted by atomic mass is 32.1. The Morgan fingerprint density at radius 2 is 2.25 bits per heavy atom. The van der Waals surface area contributed by atoms with Gasteiger partial charge in [-0.1, -0.05) is 13.8 Å². The fourth-order valence-electron chi connectivity index (χ4n) is 3.58. The zero-order valence-electron chi connectivity index (χ0n) is 13.1. The third-order valence-corrected chi connectivity index (χ3v) is 5.82. The summed E-state index contributed by atoms with van der Waals surface area (Å²) in [6.45, 7) is 12.5. The molecule has 1 N–H and O–H groups in total. The summed E-state index contributed by atoms with van der Waals surface area (Å²) in [4.78, 5) is 7.34. The number of hydrogen-bond donors (Lipinski definition) is 1. The van der Waals surface area contributed by atoms with E-state index in [4.69, 9.17) is 0 Å². The van der Waals surface area contributed by atoms with Gasteiger partial charge in [-0.3, -0.25) is 4.90 Å². The van der Waals surface area contributed by atoms with E-state index >= 15 is 0 Å². The lowest BCUT2D eigenvalue weighted by Crippen LogP contribution is -2.64. The molecule has 2 fully saturated rings. The van der Waals surface area contributed by atoms with Crippen molar-refractivity contribution in [2.24, 2.45) is 11.8 Å². The number of nitrogens with zero attached hydrogens (tertiary/aromatic N) is 2. The number of thiazole rings is 1. The molecule has 2 heterocycles. The van der Waals surface area contributed by atoms with Gasteiger partial charge in [-0.15, -0.1) is 11.3 Å². The number of hydrogen-bond acceptors (Lipinski definition) is 4. The van der Waals surface area contributed by atoms with Crippen LogP contribution in [0.25, 0.3) is 0 Å². The van der Waals surface area contributed by atoms with Crippen LogP contribution in [0.2, 0.25) is 0 Å². The summed E-state index contributed by atoms with van der Waals surface area (Å²) in [5, 5.41) is 7.26. The minimum Gasteiger partial charge on any atom is -0.308 e. The van der Waals surface area contributed by atoms with Crippen molar-refractivity contribution in [3.8, 4) is 0 Å². The molecule has 0 amide bonds. The number of aromatic nitrogens is 1. The fourth-order valence-corrected chi connectivity index (χ4v) is 4.18. The van der Waals surface area contributed by atoms with Crippen molar-refractivity contribution < 1.29 is 0 Å². The van der Waals surface area contributed by atoms with Crippen LogP contribution >= 0.6 is 11.3 Å². The van der Waals surface area contributed by atoms with Gasteiger partial charge in [0.2, 0.25) is 0 Å². The molecular formula is C16H27N3S. The molecule has 0 bridgehead atoms. The molecule has 2 unspecified atom stereocenters. The summed E-state index contributed by atoms with van der Waals surface area (Å²) in [7, 11) is 0. The van der Waals surface area contributed by atoms with Gasteiger partial charge in [0.25, 0.3) is 0 Å². The van der Waals surface area contributed by atoms with Gasteiger partial charge < -0.3 is 5.32 Å². The van der Waals surface area contributed by atoms with E-state index in [-0.39, 0.29) is 0 Å². The van der Waals surface area contributed by atoms with Gasteiger partial charge >= 0.3 is 0 Å². The van der Waals surface area contributed by atoms with Crippen molar-refractivity contribution in [2.45, 2.75) is 58.7 Å². The average molecular weight is 293 g/mol. The van der Waals surface area contributed by atoms with Crippen molar-refractivity contribution in [2.75, 3.05) is 13.1 Å². The Morgan fingerprint density at radius 3 is 2.80 bits per heavy atom. The van der Waals surface area contributed by atoms with Gasteiger partial charge in [0, 0.05) is 36.6 Å². The van der Waals surface area contributed by atoms with Crippen molar-refractivity contribution in [1.29, 1.82) is 0 Å². The fraction of sp³-hybridized carbons (Fsp3) is 0.812. The van der Waals surface area contributed by atoms with Crippen LogP contribution < -0.4 is 5.32 Å². The van der Waals surface area contributed by atoms with Gasteiger partial charge in [0.1, 0.15) is 0 Å². The molecule has 0 radical (unpaired) electrons. The minimum atomic E-state index is 0.316. The lowest BCUT2D eigenvalue weighted by atomic mass is 9.88. The van der Waals surface area contributed by atoms with E-state index in [0.29, 0.717) is 17.5 Å². The summed E-state index contributed by atoms with van der Waals surface area (Å²) < 4.78 is 0. The van der Waals surface area contributed by atoms with E-state index in [0.717, 1.165) is 25.6 Å². The highest BCUT2D eigenvalue weighted by Gasteiger charge is 2.46. The zero-order valence-corrected chi connectivity index (χ0v) is 14.0. The molecule has 2 aliphatic rings. The van der Waals surface area contributed by atoms with Gasteiger partial charge in [-0.25, -0.2) is 4.98 Å². The Kier molecular flexibility index (Phi) is 3.91. The van der Waals surface area contributed by atoms with Crippen LogP contribution in [-0.2, 0) is 6.54 Å². The van der Waals surface area contributed by atoms with Crippen molar-refractivity contribution >= 4 is 11.3 Å². The predicted octanol–water partition coefficient (Wildman–Crippen LogP) is 3.05. The summed E-state index contributed by atoms with van der Waals surface area (Å²) in [5.41, 5.74) is 1.56. The van der Waals surface area contributed by atoms with E-state index in [1.54, 1.807) is 11.3 Å². The molecule has 3 rings (SSSR count). The van der Waals surface area contributed by atoms with Crippen LogP contribution in [0, 0.1) is 18.8 Å². The van der Waals surface area contributed by atoms with E-state index in [1.807, 2.05) is 0 Å². The number of piperazine rings is 1. The molecule has 3 nitrogen and oxygen atoms in total. The standard InChI is InChI=1S/C16H27N3S/c1-11(2)15-7-17-16(4,13-5-6-13)10-19(15)8-14-9-20-12(3)18-14/h9,11,13,15,17H,5-8,10H2,1-4H3. The molecule has 1 aromatic heterocycles. The molecule has 0 aromatic carbocycles. The van der Waals surface area contributed by atoms with Crippen molar-refractivity contribution in [1.82, 2.24) is 15.2 Å². The van der Waals surface area contributed by atoms with Crippen LogP contribution in [-0.4, -0.2) is 34.6 Å². The Balaban J connectivity index is 1.74. The first-order valence-electron chi connectivity index (χ1n) is 7.88. The number of nitrogens with one attached hydrogen (secondary N) is 1. The second-order valence-electron chi connectivity index (χ2n) is 7.15.